The van der Waals surface area contributed by atoms with Gasteiger partial charge >= 0.3 is 5.97 Å². The summed E-state index contributed by atoms with van der Waals surface area (Å²) in [4.78, 5) is 11.0. The Labute approximate surface area is 148 Å². The average molecular weight is 351 g/mol. The van der Waals surface area contributed by atoms with Crippen molar-refractivity contribution in [3.8, 4) is 0 Å². The Hall–Kier alpha value is -1.48. The van der Waals surface area contributed by atoms with Gasteiger partial charge in [-0.15, -0.1) is 0 Å². The highest BCUT2D eigenvalue weighted by Gasteiger charge is 2.07. The zero-order valence-electron chi connectivity index (χ0n) is 15.1. The summed E-state index contributed by atoms with van der Waals surface area (Å²) in [5, 5.41) is 0. The molecule has 4 nitrogen and oxygen atoms in total. The van der Waals surface area contributed by atoms with E-state index >= 15 is 0 Å². The average Bonchev–Trinajstić information content (AvgIpc) is 2.64. The van der Waals surface area contributed by atoms with Crippen LogP contribution in [0.4, 0.5) is 0 Å². The molecule has 0 spiro atoms. The lowest BCUT2D eigenvalue weighted by atomic mass is 10.1. The van der Waals surface area contributed by atoms with Crippen LogP contribution in [0.3, 0.4) is 0 Å². The Kier molecular flexibility index (Phi) is 14.1. The number of rotatable bonds is 5. The van der Waals surface area contributed by atoms with E-state index < -0.39 is 6.04 Å². The highest BCUT2D eigenvalue weighted by atomic mass is 31.1. The lowest BCUT2D eigenvalue weighted by molar-refractivity contribution is -0.146. The van der Waals surface area contributed by atoms with E-state index in [0.29, 0.717) is 21.5 Å². The molecular formula is C19H30NO3P. The van der Waals surface area contributed by atoms with Crippen molar-refractivity contribution >= 4 is 14.8 Å². The molecule has 2 N–H and O–H groups in total. The fourth-order valence-corrected chi connectivity index (χ4v) is 2.13. The predicted molar refractivity (Wildman–Crippen MR) is 103 cm³/mol. The van der Waals surface area contributed by atoms with Crippen molar-refractivity contribution in [2.24, 2.45) is 5.73 Å². The summed E-state index contributed by atoms with van der Waals surface area (Å²) >= 11 is 0. The molecule has 1 aliphatic rings. The van der Waals surface area contributed by atoms with Gasteiger partial charge in [0.2, 0.25) is 0 Å². The standard InChI is InChI=1S/C10H13NO2.C7H11OP.C2H6/c1-8(11)10(12)13-7-9-5-3-2-4-6-9;1-9-8-7-5-3-2-4-6-7;1-2/h2-6,8H,7,11H2,1H3;2-5,7,9H,6H2,1H3;1-2H3/t8-;;/m1../s1. The van der Waals surface area contributed by atoms with Crippen LogP contribution >= 0.6 is 8.81 Å². The molecule has 0 heterocycles. The van der Waals surface area contributed by atoms with Gasteiger partial charge in [0.1, 0.15) is 12.6 Å². The molecule has 2 unspecified atom stereocenters. The molecule has 5 heteroatoms. The lowest BCUT2D eigenvalue weighted by Crippen LogP contribution is -2.28. The molecule has 1 aromatic carbocycles. The van der Waals surface area contributed by atoms with Gasteiger partial charge in [-0.05, 0) is 25.6 Å². The summed E-state index contributed by atoms with van der Waals surface area (Å²) in [6.45, 7) is 7.95. The second-order valence-electron chi connectivity index (χ2n) is 4.79. The van der Waals surface area contributed by atoms with Crippen molar-refractivity contribution < 1.29 is 14.1 Å². The highest BCUT2D eigenvalue weighted by Crippen LogP contribution is 2.16. The molecule has 0 fully saturated rings. The summed E-state index contributed by atoms with van der Waals surface area (Å²) in [6.07, 6.45) is 9.70. The highest BCUT2D eigenvalue weighted by molar-refractivity contribution is 7.31. The number of allylic oxidation sites excluding steroid dienone is 2. The van der Waals surface area contributed by atoms with Crippen LogP contribution in [0.25, 0.3) is 0 Å². The fourth-order valence-electron chi connectivity index (χ4n) is 1.66. The Bertz CT molecular complexity index is 487. The smallest absolute Gasteiger partial charge is 0.322 e. The minimum Gasteiger partial charge on any atom is -0.460 e. The van der Waals surface area contributed by atoms with Crippen LogP contribution < -0.4 is 5.73 Å². The van der Waals surface area contributed by atoms with Crippen molar-refractivity contribution in [2.75, 3.05) is 6.66 Å². The number of carbonyl (C=O) groups excluding carboxylic acids is 1. The van der Waals surface area contributed by atoms with E-state index in [1.807, 2.05) is 56.9 Å². The summed E-state index contributed by atoms with van der Waals surface area (Å²) in [5.74, 6) is -0.371. The third-order valence-electron chi connectivity index (χ3n) is 2.81. The van der Waals surface area contributed by atoms with Gasteiger partial charge in [0.25, 0.3) is 0 Å². The second kappa shape index (κ2) is 15.1. The lowest BCUT2D eigenvalue weighted by Gasteiger charge is -2.11. The van der Waals surface area contributed by atoms with Crippen LogP contribution in [0.1, 0.15) is 32.8 Å². The molecule has 3 atom stereocenters. The third kappa shape index (κ3) is 11.1. The largest absolute Gasteiger partial charge is 0.460 e. The van der Waals surface area contributed by atoms with Crippen LogP contribution in [0.5, 0.6) is 0 Å². The van der Waals surface area contributed by atoms with Crippen molar-refractivity contribution in [2.45, 2.75) is 45.9 Å². The Morgan fingerprint density at radius 3 is 2.46 bits per heavy atom. The molecule has 1 aromatic rings. The van der Waals surface area contributed by atoms with Crippen molar-refractivity contribution in [3.05, 3.63) is 60.2 Å². The van der Waals surface area contributed by atoms with Crippen LogP contribution in [-0.4, -0.2) is 24.8 Å². The molecule has 0 bridgehead atoms. The first-order valence-corrected chi connectivity index (χ1v) is 9.66. The van der Waals surface area contributed by atoms with Crippen molar-refractivity contribution in [1.82, 2.24) is 0 Å². The number of ether oxygens (including phenoxy) is 1. The Morgan fingerprint density at radius 2 is 1.96 bits per heavy atom. The van der Waals surface area contributed by atoms with Gasteiger partial charge < -0.3 is 15.0 Å². The zero-order chi connectivity index (χ0) is 18.2. The van der Waals surface area contributed by atoms with E-state index in [2.05, 4.69) is 18.2 Å². The molecule has 24 heavy (non-hydrogen) atoms. The summed E-state index contributed by atoms with van der Waals surface area (Å²) in [7, 11) is 0.604. The van der Waals surface area contributed by atoms with E-state index in [1.54, 1.807) is 6.92 Å². The zero-order valence-corrected chi connectivity index (χ0v) is 16.1. The summed E-state index contributed by atoms with van der Waals surface area (Å²) in [6, 6.07) is 8.95. The molecule has 0 saturated carbocycles. The summed E-state index contributed by atoms with van der Waals surface area (Å²) in [5.41, 5.74) is 6.29. The molecular weight excluding hydrogens is 321 g/mol. The first-order chi connectivity index (χ1) is 11.6. The van der Waals surface area contributed by atoms with E-state index in [9.17, 15) is 4.79 Å². The van der Waals surface area contributed by atoms with Crippen LogP contribution in [0.2, 0.25) is 0 Å². The van der Waals surface area contributed by atoms with Crippen molar-refractivity contribution in [1.29, 1.82) is 0 Å². The molecule has 134 valence electrons. The second-order valence-corrected chi connectivity index (χ2v) is 5.44. The number of benzene rings is 1. The number of nitrogens with two attached hydrogens (primary N) is 1. The monoisotopic (exact) mass is 351 g/mol. The van der Waals surface area contributed by atoms with E-state index in [0.717, 1.165) is 12.0 Å². The maximum atomic E-state index is 11.0. The normalized spacial score (nSPS) is 16.6. The third-order valence-corrected chi connectivity index (χ3v) is 3.34. The molecule has 0 saturated heterocycles. The molecule has 0 aliphatic heterocycles. The van der Waals surface area contributed by atoms with Crippen LogP contribution in [0.15, 0.2) is 54.6 Å². The number of hydrogen-bond acceptors (Lipinski definition) is 4. The van der Waals surface area contributed by atoms with Crippen molar-refractivity contribution in [3.63, 3.8) is 0 Å². The Balaban J connectivity index is 0.000000420. The van der Waals surface area contributed by atoms with E-state index in [-0.39, 0.29) is 5.97 Å². The van der Waals surface area contributed by atoms with Gasteiger partial charge in [0.05, 0.1) is 6.10 Å². The molecule has 2 rings (SSSR count). The maximum absolute atomic E-state index is 11.0. The molecule has 1 aliphatic carbocycles. The predicted octanol–water partition coefficient (Wildman–Crippen LogP) is 4.21. The summed E-state index contributed by atoms with van der Waals surface area (Å²) < 4.78 is 10.3. The first-order valence-electron chi connectivity index (χ1n) is 8.25. The van der Waals surface area contributed by atoms with Gasteiger partial charge in [-0.2, -0.15) is 0 Å². The first kappa shape index (κ1) is 22.5. The number of hydrogen-bond donors (Lipinski definition) is 1. The van der Waals surface area contributed by atoms with Gasteiger partial charge in [-0.25, -0.2) is 0 Å². The SMILES string of the molecule is CC.CPOC1C=CC=CC1.C[C@@H](N)C(=O)OCc1ccccc1. The van der Waals surface area contributed by atoms with Gasteiger partial charge in [-0.1, -0.05) is 68.5 Å². The van der Waals surface area contributed by atoms with Crippen LogP contribution in [0, 0.1) is 0 Å². The minimum absolute atomic E-state index is 0.293. The van der Waals surface area contributed by atoms with E-state index in [4.69, 9.17) is 15.0 Å². The molecule has 0 aromatic heterocycles. The topological polar surface area (TPSA) is 61.5 Å². The molecule has 0 radical (unpaired) electrons. The quantitative estimate of drug-likeness (QED) is 0.637. The fraction of sp³-hybridized carbons (Fsp3) is 0.421. The Morgan fingerprint density at radius 1 is 1.29 bits per heavy atom. The van der Waals surface area contributed by atoms with E-state index in [1.165, 1.54) is 0 Å². The van der Waals surface area contributed by atoms with Gasteiger partial charge in [-0.3, -0.25) is 4.79 Å². The van der Waals surface area contributed by atoms with Gasteiger partial charge in [0, 0.05) is 8.81 Å². The molecule has 0 amide bonds. The maximum Gasteiger partial charge on any atom is 0.322 e. The van der Waals surface area contributed by atoms with Crippen LogP contribution in [-0.2, 0) is 20.7 Å². The minimum atomic E-state index is -0.552. The number of esters is 1. The van der Waals surface area contributed by atoms with Gasteiger partial charge in [0.15, 0.2) is 0 Å². The number of carbonyl (C=O) groups is 1.